The Hall–Kier alpha value is -3.89. The van der Waals surface area contributed by atoms with Crippen LogP contribution in [0.4, 0.5) is 4.79 Å². The summed E-state index contributed by atoms with van der Waals surface area (Å²) in [4.78, 5) is 39.3. The highest BCUT2D eigenvalue weighted by atomic mass is 32.2. The van der Waals surface area contributed by atoms with Gasteiger partial charge in [0.15, 0.2) is 0 Å². The number of thiocarbonyl (C=S) groups is 1. The van der Waals surface area contributed by atoms with E-state index in [9.17, 15) is 14.4 Å². The largest absolute Gasteiger partial charge is 0.457 e. The van der Waals surface area contributed by atoms with Crippen molar-refractivity contribution < 1.29 is 23.5 Å². The Labute approximate surface area is 249 Å². The van der Waals surface area contributed by atoms with Crippen molar-refractivity contribution >= 4 is 52.3 Å². The zero-order valence-electron chi connectivity index (χ0n) is 23.3. The van der Waals surface area contributed by atoms with Crippen molar-refractivity contribution in [1.82, 2.24) is 15.5 Å². The standard InChI is InChI=1S/C31H33N3O5S2/c1-31(2,3)39-29(37)33-18-7-17-32-27(35)23-12-10-22(11-13-23)25-15-14-24(38-25)20-26-28(36)34(30(40)41-26)19-16-21-8-5-4-6-9-21/h4-6,8-15,20H,7,16-19H2,1-3H3,(H,32,35)(H,33,37)/b26-20-. The molecule has 0 spiro atoms. The number of amides is 3. The van der Waals surface area contributed by atoms with E-state index in [0.717, 1.165) is 17.5 Å². The monoisotopic (exact) mass is 591 g/mol. The molecule has 4 rings (SSSR count). The number of thioether (sulfide) groups is 1. The topological polar surface area (TPSA) is 101 Å². The zero-order chi connectivity index (χ0) is 29.4. The molecule has 1 aliphatic heterocycles. The van der Waals surface area contributed by atoms with Gasteiger partial charge in [-0.1, -0.05) is 66.4 Å². The summed E-state index contributed by atoms with van der Waals surface area (Å²) in [6.45, 7) is 6.74. The van der Waals surface area contributed by atoms with Crippen LogP contribution in [0.1, 0.15) is 48.9 Å². The van der Waals surface area contributed by atoms with Gasteiger partial charge in [0.05, 0.1) is 4.91 Å². The third-order valence-electron chi connectivity index (χ3n) is 5.98. The quantitative estimate of drug-likeness (QED) is 0.169. The molecular formula is C31H33N3O5S2. The first kappa shape index (κ1) is 30.1. The van der Waals surface area contributed by atoms with Crippen molar-refractivity contribution in [3.05, 3.63) is 88.5 Å². The molecule has 2 aromatic carbocycles. The van der Waals surface area contributed by atoms with E-state index in [0.29, 0.717) is 52.4 Å². The molecule has 0 saturated carbocycles. The number of nitrogens with one attached hydrogen (secondary N) is 2. The normalized spacial score (nSPS) is 14.4. The number of rotatable bonds is 10. The number of nitrogens with zero attached hydrogens (tertiary/aromatic N) is 1. The molecule has 0 aliphatic carbocycles. The number of hydrogen-bond acceptors (Lipinski definition) is 7. The Kier molecular flexibility index (Phi) is 10.0. The lowest BCUT2D eigenvalue weighted by molar-refractivity contribution is -0.122. The van der Waals surface area contributed by atoms with Gasteiger partial charge in [0.1, 0.15) is 21.4 Å². The van der Waals surface area contributed by atoms with Crippen LogP contribution in [0.25, 0.3) is 17.4 Å². The molecule has 0 unspecified atom stereocenters. The van der Waals surface area contributed by atoms with E-state index in [2.05, 4.69) is 10.6 Å². The molecule has 1 aromatic heterocycles. The van der Waals surface area contributed by atoms with E-state index in [1.807, 2.05) is 48.5 Å². The lowest BCUT2D eigenvalue weighted by atomic mass is 10.1. The number of carbonyl (C=O) groups excluding carboxylic acids is 3. The van der Waals surface area contributed by atoms with Gasteiger partial charge in [0.2, 0.25) is 0 Å². The fraction of sp³-hybridized carbons (Fsp3) is 0.290. The Morgan fingerprint density at radius 2 is 1.71 bits per heavy atom. The third kappa shape index (κ3) is 8.80. The van der Waals surface area contributed by atoms with Gasteiger partial charge in [-0.2, -0.15) is 0 Å². The van der Waals surface area contributed by atoms with Gasteiger partial charge in [-0.15, -0.1) is 0 Å². The summed E-state index contributed by atoms with van der Waals surface area (Å²) >= 11 is 6.72. The summed E-state index contributed by atoms with van der Waals surface area (Å²) in [5.74, 6) is 0.842. The molecule has 1 aliphatic rings. The van der Waals surface area contributed by atoms with Crippen molar-refractivity contribution in [2.75, 3.05) is 19.6 Å². The molecule has 0 atom stereocenters. The van der Waals surface area contributed by atoms with E-state index >= 15 is 0 Å². The minimum atomic E-state index is -0.550. The molecule has 2 N–H and O–H groups in total. The first-order valence-corrected chi connectivity index (χ1v) is 14.6. The van der Waals surface area contributed by atoms with Crippen LogP contribution in [0.3, 0.4) is 0 Å². The highest BCUT2D eigenvalue weighted by Crippen LogP contribution is 2.33. The summed E-state index contributed by atoms with van der Waals surface area (Å²) in [5, 5.41) is 5.51. The Morgan fingerprint density at radius 3 is 2.41 bits per heavy atom. The molecule has 41 heavy (non-hydrogen) atoms. The number of alkyl carbamates (subject to hydrolysis) is 1. The number of carbonyl (C=O) groups is 3. The van der Waals surface area contributed by atoms with Crippen LogP contribution in [0.5, 0.6) is 0 Å². The van der Waals surface area contributed by atoms with Gasteiger partial charge in [-0.3, -0.25) is 14.5 Å². The maximum absolute atomic E-state index is 13.0. The maximum Gasteiger partial charge on any atom is 0.407 e. The number of benzene rings is 2. The number of furan rings is 1. The Morgan fingerprint density at radius 1 is 1.00 bits per heavy atom. The van der Waals surface area contributed by atoms with Crippen LogP contribution in [0.2, 0.25) is 0 Å². The van der Waals surface area contributed by atoms with Crippen LogP contribution in [0.15, 0.2) is 76.1 Å². The summed E-state index contributed by atoms with van der Waals surface area (Å²) in [7, 11) is 0. The highest BCUT2D eigenvalue weighted by Gasteiger charge is 2.32. The molecule has 3 amide bonds. The molecule has 3 aromatic rings. The van der Waals surface area contributed by atoms with Gasteiger partial charge in [-0.25, -0.2) is 4.79 Å². The van der Waals surface area contributed by atoms with E-state index in [4.69, 9.17) is 21.4 Å². The molecule has 1 saturated heterocycles. The summed E-state index contributed by atoms with van der Waals surface area (Å²) in [6, 6.07) is 20.7. The minimum absolute atomic E-state index is 0.120. The molecular weight excluding hydrogens is 558 g/mol. The second-order valence-electron chi connectivity index (χ2n) is 10.4. The van der Waals surface area contributed by atoms with Crippen LogP contribution < -0.4 is 10.6 Å². The average Bonchev–Trinajstić information content (AvgIpc) is 3.50. The fourth-order valence-corrected chi connectivity index (χ4v) is 5.26. The van der Waals surface area contributed by atoms with Crippen LogP contribution in [-0.2, 0) is 16.0 Å². The van der Waals surface area contributed by atoms with E-state index in [-0.39, 0.29) is 11.8 Å². The van der Waals surface area contributed by atoms with Gasteiger partial charge in [-0.05, 0) is 63.4 Å². The summed E-state index contributed by atoms with van der Waals surface area (Å²) < 4.78 is 11.7. The van der Waals surface area contributed by atoms with Gasteiger partial charge in [0.25, 0.3) is 11.8 Å². The van der Waals surface area contributed by atoms with Gasteiger partial charge >= 0.3 is 6.09 Å². The van der Waals surface area contributed by atoms with Gasteiger partial charge in [0, 0.05) is 36.8 Å². The summed E-state index contributed by atoms with van der Waals surface area (Å²) in [6.07, 6.45) is 2.54. The predicted molar refractivity (Wildman–Crippen MR) is 165 cm³/mol. The second kappa shape index (κ2) is 13.6. The van der Waals surface area contributed by atoms with Crippen LogP contribution in [-0.4, -0.2) is 52.4 Å². The Bertz CT molecular complexity index is 1430. The lowest BCUT2D eigenvalue weighted by Gasteiger charge is -2.19. The molecule has 2 heterocycles. The zero-order valence-corrected chi connectivity index (χ0v) is 24.9. The minimum Gasteiger partial charge on any atom is -0.457 e. The summed E-state index contributed by atoms with van der Waals surface area (Å²) in [5.41, 5.74) is 1.92. The first-order chi connectivity index (χ1) is 19.6. The lowest BCUT2D eigenvalue weighted by Crippen LogP contribution is -2.34. The molecule has 1 fully saturated rings. The van der Waals surface area contributed by atoms with E-state index < -0.39 is 11.7 Å². The second-order valence-corrected chi connectivity index (χ2v) is 12.1. The highest BCUT2D eigenvalue weighted by molar-refractivity contribution is 8.26. The maximum atomic E-state index is 13.0. The smallest absolute Gasteiger partial charge is 0.407 e. The van der Waals surface area contributed by atoms with Crippen molar-refractivity contribution in [3.63, 3.8) is 0 Å². The number of ether oxygens (including phenoxy) is 1. The van der Waals surface area contributed by atoms with Crippen molar-refractivity contribution in [2.24, 2.45) is 0 Å². The van der Waals surface area contributed by atoms with E-state index in [1.165, 1.54) is 11.8 Å². The van der Waals surface area contributed by atoms with Crippen molar-refractivity contribution in [3.8, 4) is 11.3 Å². The van der Waals surface area contributed by atoms with E-state index in [1.54, 1.807) is 49.9 Å². The predicted octanol–water partition coefficient (Wildman–Crippen LogP) is 6.04. The first-order valence-electron chi connectivity index (χ1n) is 13.3. The fourth-order valence-electron chi connectivity index (χ4n) is 3.98. The molecule has 214 valence electrons. The third-order valence-corrected chi connectivity index (χ3v) is 7.36. The van der Waals surface area contributed by atoms with Crippen LogP contribution >= 0.6 is 24.0 Å². The van der Waals surface area contributed by atoms with Gasteiger partial charge < -0.3 is 19.8 Å². The molecule has 10 heteroatoms. The molecule has 0 bridgehead atoms. The average molecular weight is 592 g/mol. The van der Waals surface area contributed by atoms with Crippen molar-refractivity contribution in [1.29, 1.82) is 0 Å². The Balaban J connectivity index is 1.27. The molecule has 0 radical (unpaired) electrons. The molecule has 8 nitrogen and oxygen atoms in total. The van der Waals surface area contributed by atoms with Crippen molar-refractivity contribution in [2.45, 2.75) is 39.2 Å². The number of hydrogen-bond donors (Lipinski definition) is 2. The SMILES string of the molecule is CC(C)(C)OC(=O)NCCCNC(=O)c1ccc(-c2ccc(/C=C3\SC(=S)N(CCc4ccccc4)C3=O)o2)cc1. The van der Waals surface area contributed by atoms with Crippen LogP contribution in [0, 0.1) is 0 Å².